The molecule has 3 aromatic rings. The Labute approximate surface area is 201 Å². The van der Waals surface area contributed by atoms with Gasteiger partial charge in [0.05, 0.1) is 12.0 Å². The normalized spacial score (nSPS) is 11.6. The van der Waals surface area contributed by atoms with E-state index in [1.807, 2.05) is 19.1 Å². The van der Waals surface area contributed by atoms with Gasteiger partial charge in [-0.25, -0.2) is 8.42 Å². The van der Waals surface area contributed by atoms with Crippen LogP contribution in [0.15, 0.2) is 71.6 Å². The van der Waals surface area contributed by atoms with E-state index in [4.69, 9.17) is 9.47 Å². The highest BCUT2D eigenvalue weighted by molar-refractivity contribution is 7.92. The number of hydrogen-bond acceptors (Lipinski definition) is 5. The van der Waals surface area contributed by atoms with Crippen LogP contribution in [0.2, 0.25) is 0 Å². The quantitative estimate of drug-likeness (QED) is 0.465. The predicted octanol–water partition coefficient (Wildman–Crippen LogP) is 5.12. The summed E-state index contributed by atoms with van der Waals surface area (Å²) in [5.41, 5.74) is 3.07. The Bertz CT molecular complexity index is 1250. The Morgan fingerprint density at radius 2 is 1.53 bits per heavy atom. The number of sulfonamides is 1. The van der Waals surface area contributed by atoms with Crippen molar-refractivity contribution in [2.75, 3.05) is 23.8 Å². The summed E-state index contributed by atoms with van der Waals surface area (Å²) < 4.78 is 38.5. The van der Waals surface area contributed by atoms with E-state index in [2.05, 4.69) is 36.9 Å². The lowest BCUT2D eigenvalue weighted by atomic mass is 9.86. The first kappa shape index (κ1) is 25.1. The topological polar surface area (TPSA) is 93.7 Å². The number of amides is 1. The van der Waals surface area contributed by atoms with Crippen molar-refractivity contribution >= 4 is 27.3 Å². The van der Waals surface area contributed by atoms with Crippen LogP contribution in [0, 0.1) is 6.92 Å². The fourth-order valence-electron chi connectivity index (χ4n) is 3.21. The number of carbonyl (C=O) groups is 1. The van der Waals surface area contributed by atoms with Crippen LogP contribution in [0.3, 0.4) is 0 Å². The second-order valence-electron chi connectivity index (χ2n) is 8.93. The number of nitrogens with one attached hydrogen (secondary N) is 2. The second kappa shape index (κ2) is 10.2. The van der Waals surface area contributed by atoms with Crippen LogP contribution >= 0.6 is 0 Å². The summed E-state index contributed by atoms with van der Waals surface area (Å²) in [5.74, 6) is 0.935. The third-order valence-corrected chi connectivity index (χ3v) is 6.59. The van der Waals surface area contributed by atoms with E-state index in [-0.39, 0.29) is 22.8 Å². The average molecular weight is 483 g/mol. The molecule has 0 radical (unpaired) electrons. The molecule has 0 heterocycles. The Hall–Kier alpha value is -3.52. The van der Waals surface area contributed by atoms with Gasteiger partial charge in [-0.05, 0) is 78.1 Å². The van der Waals surface area contributed by atoms with Gasteiger partial charge < -0.3 is 14.8 Å². The second-order valence-corrected chi connectivity index (χ2v) is 10.6. The molecule has 34 heavy (non-hydrogen) atoms. The number of benzene rings is 3. The Kier molecular flexibility index (Phi) is 7.51. The van der Waals surface area contributed by atoms with Gasteiger partial charge in [-0.3, -0.25) is 9.52 Å². The minimum atomic E-state index is -3.77. The van der Waals surface area contributed by atoms with Crippen LogP contribution in [0.5, 0.6) is 11.5 Å². The maximum atomic E-state index is 12.6. The minimum Gasteiger partial charge on any atom is -0.497 e. The van der Waals surface area contributed by atoms with E-state index in [0.717, 1.165) is 5.56 Å². The molecule has 0 unspecified atom stereocenters. The van der Waals surface area contributed by atoms with Crippen molar-refractivity contribution in [1.82, 2.24) is 0 Å². The number of aryl methyl sites for hydroxylation is 1. The number of ether oxygens (including phenoxy) is 2. The zero-order chi connectivity index (χ0) is 24.9. The molecular formula is C26H30N2O5S. The highest BCUT2D eigenvalue weighted by Crippen LogP contribution is 2.27. The average Bonchev–Trinajstić information content (AvgIpc) is 2.78. The highest BCUT2D eigenvalue weighted by Gasteiger charge is 2.16. The van der Waals surface area contributed by atoms with Crippen LogP contribution in [0.1, 0.15) is 31.9 Å². The molecule has 0 aliphatic rings. The van der Waals surface area contributed by atoms with E-state index in [1.165, 1.54) is 36.9 Å². The summed E-state index contributed by atoms with van der Waals surface area (Å²) in [5, 5.41) is 2.72. The van der Waals surface area contributed by atoms with Gasteiger partial charge in [0, 0.05) is 11.4 Å². The molecule has 3 aromatic carbocycles. The minimum absolute atomic E-state index is 0.0322. The van der Waals surface area contributed by atoms with Crippen molar-refractivity contribution in [3.05, 3.63) is 77.9 Å². The highest BCUT2D eigenvalue weighted by atomic mass is 32.2. The largest absolute Gasteiger partial charge is 0.497 e. The van der Waals surface area contributed by atoms with Crippen LogP contribution < -0.4 is 19.5 Å². The van der Waals surface area contributed by atoms with E-state index in [0.29, 0.717) is 22.9 Å². The van der Waals surface area contributed by atoms with Crippen LogP contribution in [-0.2, 0) is 20.2 Å². The number of methoxy groups -OCH3 is 1. The molecule has 0 atom stereocenters. The zero-order valence-electron chi connectivity index (χ0n) is 20.0. The van der Waals surface area contributed by atoms with Crippen molar-refractivity contribution in [3.63, 3.8) is 0 Å². The van der Waals surface area contributed by atoms with Crippen molar-refractivity contribution in [2.45, 2.75) is 38.0 Å². The molecule has 8 heteroatoms. The van der Waals surface area contributed by atoms with Gasteiger partial charge in [0.25, 0.3) is 15.9 Å². The van der Waals surface area contributed by atoms with Gasteiger partial charge in [-0.1, -0.05) is 32.9 Å². The van der Waals surface area contributed by atoms with E-state index in [1.54, 1.807) is 24.3 Å². The molecule has 0 aromatic heterocycles. The van der Waals surface area contributed by atoms with E-state index in [9.17, 15) is 13.2 Å². The molecule has 0 spiro atoms. The van der Waals surface area contributed by atoms with Crippen molar-refractivity contribution in [2.24, 2.45) is 0 Å². The van der Waals surface area contributed by atoms with Gasteiger partial charge in [-0.2, -0.15) is 0 Å². The zero-order valence-corrected chi connectivity index (χ0v) is 20.8. The maximum Gasteiger partial charge on any atom is 0.262 e. The molecule has 2 N–H and O–H groups in total. The summed E-state index contributed by atoms with van der Waals surface area (Å²) in [6.45, 7) is 8.21. The smallest absolute Gasteiger partial charge is 0.262 e. The number of anilines is 2. The lowest BCUT2D eigenvalue weighted by molar-refractivity contribution is -0.118. The molecule has 0 aliphatic heterocycles. The lowest BCUT2D eigenvalue weighted by Gasteiger charge is -2.20. The molecule has 0 saturated heterocycles. The van der Waals surface area contributed by atoms with E-state index < -0.39 is 10.0 Å². The molecule has 1 amide bonds. The van der Waals surface area contributed by atoms with Gasteiger partial charge in [-0.15, -0.1) is 0 Å². The fourth-order valence-corrected chi connectivity index (χ4v) is 4.27. The third kappa shape index (κ3) is 6.51. The van der Waals surface area contributed by atoms with Gasteiger partial charge in [0.15, 0.2) is 6.61 Å². The predicted molar refractivity (Wildman–Crippen MR) is 134 cm³/mol. The summed E-state index contributed by atoms with van der Waals surface area (Å²) in [6.07, 6.45) is 0. The van der Waals surface area contributed by atoms with Crippen LogP contribution in [-0.4, -0.2) is 28.0 Å². The van der Waals surface area contributed by atoms with Gasteiger partial charge in [0.1, 0.15) is 11.5 Å². The molecule has 0 bridgehead atoms. The summed E-state index contributed by atoms with van der Waals surface area (Å²) in [4.78, 5) is 12.4. The monoisotopic (exact) mass is 482 g/mol. The Balaban J connectivity index is 1.58. The molecule has 3 rings (SSSR count). The maximum absolute atomic E-state index is 12.6. The van der Waals surface area contributed by atoms with Gasteiger partial charge in [0.2, 0.25) is 0 Å². The summed E-state index contributed by atoms with van der Waals surface area (Å²) in [6, 6.07) is 18.4. The van der Waals surface area contributed by atoms with Crippen molar-refractivity contribution in [1.29, 1.82) is 0 Å². The van der Waals surface area contributed by atoms with Crippen LogP contribution in [0.4, 0.5) is 11.4 Å². The molecule has 180 valence electrons. The molecule has 0 saturated carbocycles. The fraction of sp³-hybridized carbons (Fsp3) is 0.269. The van der Waals surface area contributed by atoms with Crippen molar-refractivity contribution in [3.8, 4) is 11.5 Å². The standard InChI is InChI=1S/C26H30N2O5S/c1-18-16-19(26(2,3)4)6-15-24(18)33-17-25(29)27-20-9-13-23(14-10-20)34(30,31)28-21-7-11-22(32-5)12-8-21/h6-16,28H,17H2,1-5H3,(H,27,29). The van der Waals surface area contributed by atoms with Crippen LogP contribution in [0.25, 0.3) is 0 Å². The summed E-state index contributed by atoms with van der Waals surface area (Å²) >= 11 is 0. The van der Waals surface area contributed by atoms with Crippen molar-refractivity contribution < 1.29 is 22.7 Å². The van der Waals surface area contributed by atoms with Gasteiger partial charge >= 0.3 is 0 Å². The molecule has 7 nitrogen and oxygen atoms in total. The number of carbonyl (C=O) groups excluding carboxylic acids is 1. The number of hydrogen-bond donors (Lipinski definition) is 2. The van der Waals surface area contributed by atoms with E-state index >= 15 is 0 Å². The first-order valence-electron chi connectivity index (χ1n) is 10.8. The third-order valence-electron chi connectivity index (χ3n) is 5.19. The number of rotatable bonds is 8. The molecule has 0 fully saturated rings. The Morgan fingerprint density at radius 1 is 0.912 bits per heavy atom. The molecule has 0 aliphatic carbocycles. The first-order valence-corrected chi connectivity index (χ1v) is 12.3. The lowest BCUT2D eigenvalue weighted by Crippen LogP contribution is -2.20. The summed E-state index contributed by atoms with van der Waals surface area (Å²) in [7, 11) is -2.23. The SMILES string of the molecule is COc1ccc(NS(=O)(=O)c2ccc(NC(=O)COc3ccc(C(C)(C)C)cc3C)cc2)cc1. The Morgan fingerprint density at radius 3 is 2.09 bits per heavy atom. The molecular weight excluding hydrogens is 452 g/mol. The first-order chi connectivity index (χ1) is 16.0.